The summed E-state index contributed by atoms with van der Waals surface area (Å²) < 4.78 is 0. The standard InChI is InChI=1S/C9H8N2O4/c10-4-3-8(12)6-1-2-9(13)7(5-6)11(14)15/h1-2,5,8,12-13H,3H2. The number of benzene rings is 1. The predicted molar refractivity (Wildman–Crippen MR) is 50.0 cm³/mol. The van der Waals surface area contributed by atoms with E-state index in [9.17, 15) is 15.2 Å². The molecule has 1 aromatic carbocycles. The molecule has 2 N–H and O–H groups in total. The van der Waals surface area contributed by atoms with Crippen molar-refractivity contribution < 1.29 is 15.1 Å². The van der Waals surface area contributed by atoms with Gasteiger partial charge in [0.15, 0.2) is 5.75 Å². The van der Waals surface area contributed by atoms with Crippen LogP contribution in [0.25, 0.3) is 0 Å². The Balaban J connectivity index is 3.08. The SMILES string of the molecule is N#CCC(O)c1ccc(O)c([N+](=O)[O-])c1. The summed E-state index contributed by atoms with van der Waals surface area (Å²) in [6.45, 7) is 0. The van der Waals surface area contributed by atoms with E-state index in [2.05, 4.69) is 0 Å². The molecule has 1 atom stereocenters. The van der Waals surface area contributed by atoms with Crippen molar-refractivity contribution in [3.05, 3.63) is 33.9 Å². The minimum Gasteiger partial charge on any atom is -0.502 e. The lowest BCUT2D eigenvalue weighted by molar-refractivity contribution is -0.386. The number of nitriles is 1. The fraction of sp³-hybridized carbons (Fsp3) is 0.222. The highest BCUT2D eigenvalue weighted by molar-refractivity contribution is 5.48. The predicted octanol–water partition coefficient (Wildman–Crippen LogP) is 1.25. The van der Waals surface area contributed by atoms with E-state index in [4.69, 9.17) is 10.4 Å². The molecule has 0 heterocycles. The fourth-order valence-corrected chi connectivity index (χ4v) is 1.10. The van der Waals surface area contributed by atoms with Gasteiger partial charge in [-0.1, -0.05) is 6.07 Å². The van der Waals surface area contributed by atoms with Crippen LogP contribution in [0.15, 0.2) is 18.2 Å². The van der Waals surface area contributed by atoms with Crippen molar-refractivity contribution in [3.8, 4) is 11.8 Å². The van der Waals surface area contributed by atoms with Crippen LogP contribution in [0.3, 0.4) is 0 Å². The van der Waals surface area contributed by atoms with Crippen LogP contribution in [0, 0.1) is 21.4 Å². The van der Waals surface area contributed by atoms with E-state index in [-0.39, 0.29) is 12.0 Å². The topological polar surface area (TPSA) is 107 Å². The molecule has 0 fully saturated rings. The average molecular weight is 208 g/mol. The second-order valence-electron chi connectivity index (χ2n) is 2.88. The van der Waals surface area contributed by atoms with Gasteiger partial charge in [0.1, 0.15) is 0 Å². The van der Waals surface area contributed by atoms with Crippen LogP contribution in [-0.4, -0.2) is 15.1 Å². The molecule has 0 aliphatic heterocycles. The molecule has 1 aromatic rings. The maximum absolute atomic E-state index is 10.5. The molecule has 0 bridgehead atoms. The summed E-state index contributed by atoms with van der Waals surface area (Å²) in [4.78, 5) is 9.70. The number of phenols is 1. The first-order valence-corrected chi connectivity index (χ1v) is 4.08. The number of phenolic OH excluding ortho intramolecular Hbond substituents is 1. The molecule has 1 unspecified atom stereocenters. The molecule has 0 spiro atoms. The number of nitro benzene ring substituents is 1. The maximum atomic E-state index is 10.5. The van der Waals surface area contributed by atoms with Gasteiger partial charge in [0.2, 0.25) is 0 Å². The number of hydrogen-bond acceptors (Lipinski definition) is 5. The number of nitrogens with zero attached hydrogens (tertiary/aromatic N) is 2. The molecule has 15 heavy (non-hydrogen) atoms. The molecular formula is C9H8N2O4. The molecular weight excluding hydrogens is 200 g/mol. The van der Waals surface area contributed by atoms with Gasteiger partial charge >= 0.3 is 5.69 Å². The van der Waals surface area contributed by atoms with Gasteiger partial charge in [-0.05, 0) is 11.6 Å². The monoisotopic (exact) mass is 208 g/mol. The molecule has 6 nitrogen and oxygen atoms in total. The quantitative estimate of drug-likeness (QED) is 0.574. The molecule has 0 saturated carbocycles. The summed E-state index contributed by atoms with van der Waals surface area (Å²) in [6, 6.07) is 5.26. The number of aliphatic hydroxyl groups excluding tert-OH is 1. The largest absolute Gasteiger partial charge is 0.502 e. The highest BCUT2D eigenvalue weighted by Gasteiger charge is 2.16. The van der Waals surface area contributed by atoms with Crippen LogP contribution in [0.4, 0.5) is 5.69 Å². The minimum absolute atomic E-state index is 0.151. The zero-order valence-electron chi connectivity index (χ0n) is 7.62. The zero-order chi connectivity index (χ0) is 11.4. The Kier molecular flexibility index (Phi) is 3.21. The normalized spacial score (nSPS) is 11.7. The molecule has 6 heteroatoms. The van der Waals surface area contributed by atoms with Gasteiger partial charge < -0.3 is 10.2 Å². The van der Waals surface area contributed by atoms with Crippen molar-refractivity contribution in [2.45, 2.75) is 12.5 Å². The first kappa shape index (κ1) is 10.9. The highest BCUT2D eigenvalue weighted by atomic mass is 16.6. The number of hydrogen-bond donors (Lipinski definition) is 2. The van der Waals surface area contributed by atoms with E-state index in [1.807, 2.05) is 0 Å². The lowest BCUT2D eigenvalue weighted by Gasteiger charge is -2.06. The van der Waals surface area contributed by atoms with Gasteiger partial charge in [-0.2, -0.15) is 5.26 Å². The number of rotatable bonds is 3. The summed E-state index contributed by atoms with van der Waals surface area (Å²) in [5, 5.41) is 37.3. The summed E-state index contributed by atoms with van der Waals surface area (Å²) in [5.41, 5.74) is -0.245. The van der Waals surface area contributed by atoms with Crippen molar-refractivity contribution in [3.63, 3.8) is 0 Å². The molecule has 0 radical (unpaired) electrons. The lowest BCUT2D eigenvalue weighted by atomic mass is 10.1. The zero-order valence-corrected chi connectivity index (χ0v) is 7.62. The van der Waals surface area contributed by atoms with Gasteiger partial charge in [0, 0.05) is 6.07 Å². The summed E-state index contributed by atoms with van der Waals surface area (Å²) in [5.74, 6) is -0.465. The van der Waals surface area contributed by atoms with Gasteiger partial charge in [-0.25, -0.2) is 0 Å². The van der Waals surface area contributed by atoms with E-state index in [1.165, 1.54) is 6.07 Å². The van der Waals surface area contributed by atoms with Crippen molar-refractivity contribution in [2.24, 2.45) is 0 Å². The van der Waals surface area contributed by atoms with Crippen LogP contribution < -0.4 is 0 Å². The van der Waals surface area contributed by atoms with Crippen LogP contribution in [0.5, 0.6) is 5.75 Å². The van der Waals surface area contributed by atoms with Crippen LogP contribution in [0.2, 0.25) is 0 Å². The Labute approximate surface area is 85.2 Å². The Bertz CT molecular complexity index is 425. The van der Waals surface area contributed by atoms with Crippen LogP contribution in [-0.2, 0) is 0 Å². The fourth-order valence-electron chi connectivity index (χ4n) is 1.10. The third-order valence-corrected chi connectivity index (χ3v) is 1.87. The number of nitro groups is 1. The van der Waals surface area contributed by atoms with Crippen molar-refractivity contribution >= 4 is 5.69 Å². The molecule has 0 amide bonds. The van der Waals surface area contributed by atoms with Gasteiger partial charge in [0.25, 0.3) is 0 Å². The highest BCUT2D eigenvalue weighted by Crippen LogP contribution is 2.29. The average Bonchev–Trinajstić information content (AvgIpc) is 2.18. The van der Waals surface area contributed by atoms with E-state index in [1.54, 1.807) is 6.07 Å². The first-order valence-electron chi connectivity index (χ1n) is 4.08. The molecule has 0 aromatic heterocycles. The van der Waals surface area contributed by atoms with E-state index < -0.39 is 22.5 Å². The Morgan fingerprint density at radius 2 is 2.27 bits per heavy atom. The lowest BCUT2D eigenvalue weighted by Crippen LogP contribution is -1.97. The molecule has 0 aliphatic carbocycles. The van der Waals surface area contributed by atoms with E-state index >= 15 is 0 Å². The molecule has 0 saturated heterocycles. The Morgan fingerprint density at radius 3 is 2.80 bits per heavy atom. The minimum atomic E-state index is -1.07. The third kappa shape index (κ3) is 2.42. The summed E-state index contributed by atoms with van der Waals surface area (Å²) in [7, 11) is 0. The second-order valence-corrected chi connectivity index (χ2v) is 2.88. The van der Waals surface area contributed by atoms with Crippen LogP contribution >= 0.6 is 0 Å². The van der Waals surface area contributed by atoms with E-state index in [0.29, 0.717) is 0 Å². The Morgan fingerprint density at radius 1 is 1.60 bits per heavy atom. The van der Waals surface area contributed by atoms with Gasteiger partial charge in [0.05, 0.1) is 23.5 Å². The number of aliphatic hydroxyl groups is 1. The number of aromatic hydroxyl groups is 1. The third-order valence-electron chi connectivity index (χ3n) is 1.87. The smallest absolute Gasteiger partial charge is 0.311 e. The van der Waals surface area contributed by atoms with Crippen LogP contribution in [0.1, 0.15) is 18.1 Å². The maximum Gasteiger partial charge on any atom is 0.311 e. The van der Waals surface area contributed by atoms with Gasteiger partial charge in [-0.3, -0.25) is 10.1 Å². The van der Waals surface area contributed by atoms with Gasteiger partial charge in [-0.15, -0.1) is 0 Å². The van der Waals surface area contributed by atoms with Crippen molar-refractivity contribution in [1.82, 2.24) is 0 Å². The van der Waals surface area contributed by atoms with Crippen molar-refractivity contribution in [1.29, 1.82) is 5.26 Å². The molecule has 78 valence electrons. The van der Waals surface area contributed by atoms with E-state index in [0.717, 1.165) is 12.1 Å². The van der Waals surface area contributed by atoms with Crippen molar-refractivity contribution in [2.75, 3.05) is 0 Å². The Hall–Kier alpha value is -2.13. The molecule has 1 rings (SSSR count). The molecule has 0 aliphatic rings. The first-order chi connectivity index (χ1) is 7.06. The second kappa shape index (κ2) is 4.39. The summed E-state index contributed by atoms with van der Waals surface area (Å²) >= 11 is 0. The summed E-state index contributed by atoms with van der Waals surface area (Å²) in [6.07, 6.45) is -1.23.